The molecule has 0 saturated heterocycles. The highest BCUT2D eigenvalue weighted by Gasteiger charge is 2.35. The highest BCUT2D eigenvalue weighted by Crippen LogP contribution is 2.48. The van der Waals surface area contributed by atoms with Crippen LogP contribution in [0.3, 0.4) is 0 Å². The Bertz CT molecular complexity index is 69.7. The van der Waals surface area contributed by atoms with Crippen molar-refractivity contribution in [1.29, 1.82) is 0 Å². The van der Waals surface area contributed by atoms with Crippen molar-refractivity contribution in [3.05, 3.63) is 0 Å². The highest BCUT2D eigenvalue weighted by molar-refractivity contribution is 5.85. The standard InChI is InChI=1S/C7H14.CH5N.ClH/c1-3-4-7(2)5-6-7;1-2;/h3-6H2,1-2H3;2H2,1H3;1H. The van der Waals surface area contributed by atoms with Gasteiger partial charge in [0.2, 0.25) is 0 Å². The number of halogens is 1. The van der Waals surface area contributed by atoms with E-state index in [2.05, 4.69) is 19.6 Å². The lowest BCUT2D eigenvalue weighted by Crippen LogP contribution is -1.88. The molecule has 0 atom stereocenters. The van der Waals surface area contributed by atoms with Crippen molar-refractivity contribution in [3.8, 4) is 0 Å². The molecular weight excluding hydrogens is 146 g/mol. The summed E-state index contributed by atoms with van der Waals surface area (Å²) in [5.41, 5.74) is 5.30. The molecule has 0 bridgehead atoms. The Hall–Kier alpha value is 0.250. The van der Waals surface area contributed by atoms with E-state index in [9.17, 15) is 0 Å². The first-order valence-electron chi connectivity index (χ1n) is 3.85. The largest absolute Gasteiger partial charge is 0.333 e. The number of hydrogen-bond donors (Lipinski definition) is 1. The first kappa shape index (κ1) is 12.9. The zero-order valence-corrected chi connectivity index (χ0v) is 8.13. The van der Waals surface area contributed by atoms with Gasteiger partial charge in [-0.3, -0.25) is 0 Å². The van der Waals surface area contributed by atoms with E-state index in [0.717, 1.165) is 5.41 Å². The minimum atomic E-state index is 0. The van der Waals surface area contributed by atoms with Crippen LogP contribution in [0.25, 0.3) is 0 Å². The van der Waals surface area contributed by atoms with Gasteiger partial charge in [0.15, 0.2) is 0 Å². The van der Waals surface area contributed by atoms with Gasteiger partial charge < -0.3 is 5.73 Å². The van der Waals surface area contributed by atoms with Crippen LogP contribution in [-0.2, 0) is 0 Å². The Labute approximate surface area is 70.8 Å². The van der Waals surface area contributed by atoms with Gasteiger partial charge in [-0.25, -0.2) is 0 Å². The van der Waals surface area contributed by atoms with Crippen LogP contribution in [0.4, 0.5) is 0 Å². The molecule has 0 radical (unpaired) electrons. The van der Waals surface area contributed by atoms with Crippen LogP contribution in [0, 0.1) is 5.41 Å². The molecule has 0 aliphatic heterocycles. The maximum Gasteiger partial charge on any atom is -0.0195 e. The SMILES string of the molecule is CCCC1(C)CC1.CN.Cl. The fraction of sp³-hybridized carbons (Fsp3) is 1.00. The van der Waals surface area contributed by atoms with Gasteiger partial charge >= 0.3 is 0 Å². The zero-order chi connectivity index (χ0) is 7.33. The molecule has 0 spiro atoms. The van der Waals surface area contributed by atoms with E-state index in [0.29, 0.717) is 0 Å². The van der Waals surface area contributed by atoms with E-state index in [4.69, 9.17) is 0 Å². The second-order valence-corrected chi connectivity index (χ2v) is 3.06. The third kappa shape index (κ3) is 5.07. The first-order chi connectivity index (χ1) is 4.27. The lowest BCUT2D eigenvalue weighted by molar-refractivity contribution is 0.510. The highest BCUT2D eigenvalue weighted by atomic mass is 35.5. The maximum absolute atomic E-state index is 4.50. The summed E-state index contributed by atoms with van der Waals surface area (Å²) in [6.45, 7) is 4.65. The maximum atomic E-state index is 4.50. The van der Waals surface area contributed by atoms with Gasteiger partial charge in [-0.2, -0.15) is 0 Å². The lowest BCUT2D eigenvalue weighted by Gasteiger charge is -2.01. The third-order valence-corrected chi connectivity index (χ3v) is 1.96. The summed E-state index contributed by atoms with van der Waals surface area (Å²) in [6.07, 6.45) is 5.80. The predicted molar refractivity (Wildman–Crippen MR) is 49.6 cm³/mol. The quantitative estimate of drug-likeness (QED) is 0.669. The Balaban J connectivity index is 0. The van der Waals surface area contributed by atoms with Crippen LogP contribution in [0.1, 0.15) is 39.5 Å². The molecule has 1 aliphatic rings. The van der Waals surface area contributed by atoms with Gasteiger partial charge in [-0.05, 0) is 31.7 Å². The Morgan fingerprint density at radius 1 is 1.30 bits per heavy atom. The average Bonchev–Trinajstić information content (AvgIpc) is 2.55. The first-order valence-corrected chi connectivity index (χ1v) is 3.85. The van der Waals surface area contributed by atoms with E-state index in [1.807, 2.05) is 0 Å². The van der Waals surface area contributed by atoms with E-state index >= 15 is 0 Å². The van der Waals surface area contributed by atoms with Crippen molar-refractivity contribution in [2.24, 2.45) is 11.1 Å². The third-order valence-electron chi connectivity index (χ3n) is 1.96. The van der Waals surface area contributed by atoms with Crippen LogP contribution < -0.4 is 5.73 Å². The van der Waals surface area contributed by atoms with Crippen LogP contribution in [-0.4, -0.2) is 7.05 Å². The number of rotatable bonds is 2. The molecule has 0 unspecified atom stereocenters. The van der Waals surface area contributed by atoms with E-state index in [-0.39, 0.29) is 12.4 Å². The summed E-state index contributed by atoms with van der Waals surface area (Å²) >= 11 is 0. The van der Waals surface area contributed by atoms with Gasteiger partial charge in [0.25, 0.3) is 0 Å². The van der Waals surface area contributed by atoms with Crippen LogP contribution in [0.15, 0.2) is 0 Å². The molecule has 1 rings (SSSR count). The van der Waals surface area contributed by atoms with Gasteiger partial charge in [0.05, 0.1) is 0 Å². The molecule has 1 fully saturated rings. The Kier molecular flexibility index (Phi) is 7.72. The van der Waals surface area contributed by atoms with Crippen molar-refractivity contribution >= 4 is 12.4 Å². The van der Waals surface area contributed by atoms with Gasteiger partial charge in [0, 0.05) is 0 Å². The van der Waals surface area contributed by atoms with E-state index < -0.39 is 0 Å². The Morgan fingerprint density at radius 2 is 1.70 bits per heavy atom. The molecule has 2 N–H and O–H groups in total. The van der Waals surface area contributed by atoms with Crippen molar-refractivity contribution in [3.63, 3.8) is 0 Å². The van der Waals surface area contributed by atoms with Crippen molar-refractivity contribution in [2.45, 2.75) is 39.5 Å². The lowest BCUT2D eigenvalue weighted by atomic mass is 10.0. The Morgan fingerprint density at radius 3 is 1.80 bits per heavy atom. The van der Waals surface area contributed by atoms with Crippen molar-refractivity contribution < 1.29 is 0 Å². The molecule has 0 amide bonds. The fourth-order valence-corrected chi connectivity index (χ4v) is 1.07. The smallest absolute Gasteiger partial charge is 0.0195 e. The molecule has 1 nitrogen and oxygen atoms in total. The normalized spacial score (nSPS) is 18.0. The van der Waals surface area contributed by atoms with Crippen LogP contribution >= 0.6 is 12.4 Å². The second-order valence-electron chi connectivity index (χ2n) is 3.06. The predicted octanol–water partition coefficient (Wildman–Crippen LogP) is 2.58. The minimum Gasteiger partial charge on any atom is -0.333 e. The van der Waals surface area contributed by atoms with Gasteiger partial charge in [0.1, 0.15) is 0 Å². The fourth-order valence-electron chi connectivity index (χ4n) is 1.07. The van der Waals surface area contributed by atoms with Crippen LogP contribution in [0.2, 0.25) is 0 Å². The molecular formula is C8H20ClN. The number of hydrogen-bond acceptors (Lipinski definition) is 1. The second kappa shape index (κ2) is 5.99. The molecule has 0 aromatic rings. The molecule has 1 saturated carbocycles. The van der Waals surface area contributed by atoms with Crippen molar-refractivity contribution in [1.82, 2.24) is 0 Å². The molecule has 0 heterocycles. The van der Waals surface area contributed by atoms with E-state index in [1.165, 1.54) is 32.7 Å². The van der Waals surface area contributed by atoms with Gasteiger partial charge in [-0.1, -0.05) is 20.3 Å². The molecule has 0 aromatic heterocycles. The van der Waals surface area contributed by atoms with Crippen LogP contribution in [0.5, 0.6) is 0 Å². The molecule has 10 heavy (non-hydrogen) atoms. The summed E-state index contributed by atoms with van der Waals surface area (Å²) in [5.74, 6) is 0. The van der Waals surface area contributed by atoms with Crippen molar-refractivity contribution in [2.75, 3.05) is 7.05 Å². The number of nitrogens with two attached hydrogens (primary N) is 1. The molecule has 0 aromatic carbocycles. The average molecular weight is 166 g/mol. The zero-order valence-electron chi connectivity index (χ0n) is 7.31. The summed E-state index contributed by atoms with van der Waals surface area (Å²) in [5, 5.41) is 0. The molecule has 64 valence electrons. The summed E-state index contributed by atoms with van der Waals surface area (Å²) in [4.78, 5) is 0. The monoisotopic (exact) mass is 165 g/mol. The minimum absolute atomic E-state index is 0. The summed E-state index contributed by atoms with van der Waals surface area (Å²) in [7, 11) is 1.50. The van der Waals surface area contributed by atoms with Gasteiger partial charge in [-0.15, -0.1) is 12.4 Å². The van der Waals surface area contributed by atoms with E-state index in [1.54, 1.807) is 0 Å². The summed E-state index contributed by atoms with van der Waals surface area (Å²) < 4.78 is 0. The summed E-state index contributed by atoms with van der Waals surface area (Å²) in [6, 6.07) is 0. The molecule has 1 aliphatic carbocycles. The molecule has 2 heteroatoms. The topological polar surface area (TPSA) is 26.0 Å².